The van der Waals surface area contributed by atoms with Gasteiger partial charge in [-0.25, -0.2) is 0 Å². The van der Waals surface area contributed by atoms with Crippen LogP contribution < -0.4 is 5.32 Å². The van der Waals surface area contributed by atoms with Crippen LogP contribution in [0.3, 0.4) is 0 Å². The molecule has 17 heavy (non-hydrogen) atoms. The summed E-state index contributed by atoms with van der Waals surface area (Å²) < 4.78 is 10.8. The first-order chi connectivity index (χ1) is 8.01. The zero-order valence-electron chi connectivity index (χ0n) is 10.4. The summed E-state index contributed by atoms with van der Waals surface area (Å²) in [7, 11) is 0. The van der Waals surface area contributed by atoms with Crippen LogP contribution >= 0.6 is 0 Å². The molecule has 2 aliphatic heterocycles. The SMILES string of the molecule is CC1CCC(C(=O)NCC2(O)CCOC2C)O1. The molecule has 0 aromatic heterocycles. The van der Waals surface area contributed by atoms with Crippen molar-refractivity contribution in [2.45, 2.75) is 57.0 Å². The van der Waals surface area contributed by atoms with Gasteiger partial charge < -0.3 is 19.9 Å². The molecule has 2 N–H and O–H groups in total. The minimum absolute atomic E-state index is 0.123. The maximum absolute atomic E-state index is 11.8. The van der Waals surface area contributed by atoms with E-state index in [4.69, 9.17) is 9.47 Å². The van der Waals surface area contributed by atoms with Crippen molar-refractivity contribution in [1.29, 1.82) is 0 Å². The second kappa shape index (κ2) is 4.92. The lowest BCUT2D eigenvalue weighted by Crippen LogP contribution is -2.49. The van der Waals surface area contributed by atoms with Crippen molar-refractivity contribution in [3.63, 3.8) is 0 Å². The summed E-state index contributed by atoms with van der Waals surface area (Å²) in [6, 6.07) is 0. The Balaban J connectivity index is 1.80. The third-order valence-electron chi connectivity index (χ3n) is 3.75. The van der Waals surface area contributed by atoms with Crippen LogP contribution in [0.2, 0.25) is 0 Å². The Morgan fingerprint density at radius 3 is 2.76 bits per heavy atom. The molecule has 5 nitrogen and oxygen atoms in total. The number of carbonyl (C=O) groups is 1. The van der Waals surface area contributed by atoms with E-state index in [1.54, 1.807) is 0 Å². The van der Waals surface area contributed by atoms with Crippen molar-refractivity contribution in [2.75, 3.05) is 13.2 Å². The first-order valence-electron chi connectivity index (χ1n) is 6.28. The quantitative estimate of drug-likeness (QED) is 0.743. The lowest BCUT2D eigenvalue weighted by atomic mass is 9.96. The van der Waals surface area contributed by atoms with Crippen LogP contribution in [-0.4, -0.2) is 48.1 Å². The van der Waals surface area contributed by atoms with Gasteiger partial charge in [-0.15, -0.1) is 0 Å². The Kier molecular flexibility index (Phi) is 3.70. The average molecular weight is 243 g/mol. The number of aliphatic hydroxyl groups is 1. The summed E-state index contributed by atoms with van der Waals surface area (Å²) in [5.41, 5.74) is -0.931. The minimum atomic E-state index is -0.931. The zero-order valence-corrected chi connectivity index (χ0v) is 10.4. The van der Waals surface area contributed by atoms with E-state index >= 15 is 0 Å². The largest absolute Gasteiger partial charge is 0.385 e. The van der Waals surface area contributed by atoms with Crippen molar-refractivity contribution < 1.29 is 19.4 Å². The molecule has 98 valence electrons. The number of nitrogens with one attached hydrogen (secondary N) is 1. The molecule has 0 radical (unpaired) electrons. The van der Waals surface area contributed by atoms with Gasteiger partial charge >= 0.3 is 0 Å². The first-order valence-corrected chi connectivity index (χ1v) is 6.28. The fourth-order valence-corrected chi connectivity index (χ4v) is 2.35. The molecule has 1 amide bonds. The summed E-state index contributed by atoms with van der Waals surface area (Å²) in [5, 5.41) is 13.0. The van der Waals surface area contributed by atoms with E-state index in [-0.39, 0.29) is 30.8 Å². The van der Waals surface area contributed by atoms with Crippen LogP contribution in [0, 0.1) is 0 Å². The van der Waals surface area contributed by atoms with Crippen LogP contribution in [0.4, 0.5) is 0 Å². The van der Waals surface area contributed by atoms with Gasteiger partial charge in [-0.05, 0) is 26.7 Å². The van der Waals surface area contributed by atoms with Crippen molar-refractivity contribution in [3.8, 4) is 0 Å². The normalized spacial score (nSPS) is 41.7. The van der Waals surface area contributed by atoms with Gasteiger partial charge in [0.15, 0.2) is 0 Å². The number of ether oxygens (including phenoxy) is 2. The van der Waals surface area contributed by atoms with Gasteiger partial charge in [-0.1, -0.05) is 0 Å². The number of carbonyl (C=O) groups excluding carboxylic acids is 1. The smallest absolute Gasteiger partial charge is 0.249 e. The predicted molar refractivity (Wildman–Crippen MR) is 61.6 cm³/mol. The second-order valence-corrected chi connectivity index (χ2v) is 5.10. The van der Waals surface area contributed by atoms with E-state index in [1.165, 1.54) is 0 Å². The molecule has 2 fully saturated rings. The van der Waals surface area contributed by atoms with Crippen molar-refractivity contribution in [2.24, 2.45) is 0 Å². The average Bonchev–Trinajstić information content (AvgIpc) is 2.84. The molecule has 2 heterocycles. The Bertz CT molecular complexity index is 296. The summed E-state index contributed by atoms with van der Waals surface area (Å²) in [4.78, 5) is 11.8. The lowest BCUT2D eigenvalue weighted by Gasteiger charge is -2.26. The van der Waals surface area contributed by atoms with Gasteiger partial charge in [-0.2, -0.15) is 0 Å². The maximum atomic E-state index is 11.8. The van der Waals surface area contributed by atoms with Crippen LogP contribution in [0.1, 0.15) is 33.1 Å². The summed E-state index contributed by atoms with van der Waals surface area (Å²) in [5.74, 6) is -0.123. The third-order valence-corrected chi connectivity index (χ3v) is 3.75. The van der Waals surface area contributed by atoms with Gasteiger partial charge in [0.2, 0.25) is 5.91 Å². The highest BCUT2D eigenvalue weighted by Gasteiger charge is 2.40. The summed E-state index contributed by atoms with van der Waals surface area (Å²) in [6.07, 6.45) is 1.82. The number of rotatable bonds is 3. The molecular weight excluding hydrogens is 222 g/mol. The highest BCUT2D eigenvalue weighted by molar-refractivity contribution is 5.81. The van der Waals surface area contributed by atoms with Crippen LogP contribution in [0.15, 0.2) is 0 Å². The molecule has 0 spiro atoms. The summed E-state index contributed by atoms with van der Waals surface area (Å²) >= 11 is 0. The number of hydrogen-bond acceptors (Lipinski definition) is 4. The van der Waals surface area contributed by atoms with E-state index in [1.807, 2.05) is 13.8 Å². The molecule has 5 heteroatoms. The van der Waals surface area contributed by atoms with Gasteiger partial charge in [-0.3, -0.25) is 4.79 Å². The van der Waals surface area contributed by atoms with Crippen LogP contribution in [0.25, 0.3) is 0 Å². The van der Waals surface area contributed by atoms with Crippen molar-refractivity contribution >= 4 is 5.91 Å². The Labute approximate surface area is 101 Å². The Hall–Kier alpha value is -0.650. The van der Waals surface area contributed by atoms with E-state index in [0.29, 0.717) is 13.0 Å². The minimum Gasteiger partial charge on any atom is -0.385 e. The van der Waals surface area contributed by atoms with E-state index < -0.39 is 5.60 Å². The Morgan fingerprint density at radius 2 is 2.24 bits per heavy atom. The molecule has 0 saturated carbocycles. The molecule has 2 saturated heterocycles. The molecule has 2 rings (SSSR count). The fourth-order valence-electron chi connectivity index (χ4n) is 2.35. The highest BCUT2D eigenvalue weighted by atomic mass is 16.5. The van der Waals surface area contributed by atoms with Gasteiger partial charge in [0, 0.05) is 19.6 Å². The standard InChI is InChI=1S/C12H21NO4/c1-8-3-4-10(17-8)11(14)13-7-12(15)5-6-16-9(12)2/h8-10,15H,3-7H2,1-2H3,(H,13,14). The van der Waals surface area contributed by atoms with Gasteiger partial charge in [0.05, 0.1) is 12.2 Å². The highest BCUT2D eigenvalue weighted by Crippen LogP contribution is 2.25. The van der Waals surface area contributed by atoms with Crippen LogP contribution in [-0.2, 0) is 14.3 Å². The molecule has 4 unspecified atom stereocenters. The molecule has 0 bridgehead atoms. The van der Waals surface area contributed by atoms with Crippen molar-refractivity contribution in [3.05, 3.63) is 0 Å². The number of hydrogen-bond donors (Lipinski definition) is 2. The topological polar surface area (TPSA) is 67.8 Å². The predicted octanol–water partition coefficient (Wildman–Crippen LogP) is 0.210. The maximum Gasteiger partial charge on any atom is 0.249 e. The van der Waals surface area contributed by atoms with E-state index in [2.05, 4.69) is 5.32 Å². The number of amides is 1. The molecule has 0 aromatic rings. The first kappa shape index (κ1) is 12.8. The Morgan fingerprint density at radius 1 is 1.47 bits per heavy atom. The van der Waals surface area contributed by atoms with E-state index in [0.717, 1.165) is 12.8 Å². The molecule has 2 aliphatic rings. The van der Waals surface area contributed by atoms with E-state index in [9.17, 15) is 9.90 Å². The third kappa shape index (κ3) is 2.78. The van der Waals surface area contributed by atoms with Gasteiger partial charge in [0.25, 0.3) is 0 Å². The second-order valence-electron chi connectivity index (χ2n) is 5.10. The fraction of sp³-hybridized carbons (Fsp3) is 0.917. The summed E-state index contributed by atoms with van der Waals surface area (Å²) in [6.45, 7) is 4.58. The van der Waals surface area contributed by atoms with Crippen LogP contribution in [0.5, 0.6) is 0 Å². The zero-order chi connectivity index (χ0) is 12.5. The molecular formula is C12H21NO4. The monoisotopic (exact) mass is 243 g/mol. The van der Waals surface area contributed by atoms with Crippen molar-refractivity contribution in [1.82, 2.24) is 5.32 Å². The lowest BCUT2D eigenvalue weighted by molar-refractivity contribution is -0.133. The molecule has 0 aromatic carbocycles. The van der Waals surface area contributed by atoms with Gasteiger partial charge in [0.1, 0.15) is 11.7 Å². The molecule has 4 atom stereocenters. The molecule has 0 aliphatic carbocycles.